The zero-order valence-electron chi connectivity index (χ0n) is 16.4. The number of rotatable bonds is 6. The molecule has 148 valence electrons. The molecule has 1 N–H and O–H groups in total. The van der Waals surface area contributed by atoms with Crippen LogP contribution in [0.3, 0.4) is 0 Å². The van der Waals surface area contributed by atoms with E-state index in [1.165, 1.54) is 11.6 Å². The van der Waals surface area contributed by atoms with Gasteiger partial charge in [-0.15, -0.1) is 0 Å². The van der Waals surface area contributed by atoms with Crippen molar-refractivity contribution < 1.29 is 9.18 Å². The molecule has 1 amide bonds. The fourth-order valence-corrected chi connectivity index (χ4v) is 4.94. The van der Waals surface area contributed by atoms with Crippen LogP contribution in [0.15, 0.2) is 54.6 Å². The number of hydrogen-bond acceptors (Lipinski definition) is 2. The summed E-state index contributed by atoms with van der Waals surface area (Å²) in [5.74, 6) is -0.0731. The van der Waals surface area contributed by atoms with Gasteiger partial charge in [-0.05, 0) is 55.5 Å². The lowest BCUT2D eigenvalue weighted by atomic mass is 9.78. The lowest BCUT2D eigenvalue weighted by Gasteiger charge is -2.31. The monoisotopic (exact) mass is 380 g/mol. The van der Waals surface area contributed by atoms with Gasteiger partial charge in [0.2, 0.25) is 5.91 Å². The molecule has 1 aliphatic carbocycles. The predicted octanol–water partition coefficient (Wildman–Crippen LogP) is 4.42. The average Bonchev–Trinajstić information content (AvgIpc) is 3.37. The van der Waals surface area contributed by atoms with Gasteiger partial charge in [0, 0.05) is 18.5 Å². The lowest BCUT2D eigenvalue weighted by Crippen LogP contribution is -2.47. The zero-order chi connectivity index (χ0) is 19.4. The summed E-state index contributed by atoms with van der Waals surface area (Å²) in [6.45, 7) is 2.38. The molecule has 1 saturated heterocycles. The second-order valence-electron chi connectivity index (χ2n) is 8.33. The van der Waals surface area contributed by atoms with Gasteiger partial charge in [-0.2, -0.15) is 0 Å². The first-order valence-corrected chi connectivity index (χ1v) is 10.5. The van der Waals surface area contributed by atoms with Crippen LogP contribution in [0.4, 0.5) is 4.39 Å². The molecule has 2 aromatic carbocycles. The minimum Gasteiger partial charge on any atom is -0.354 e. The largest absolute Gasteiger partial charge is 0.354 e. The smallest absolute Gasteiger partial charge is 0.237 e. The maximum atomic E-state index is 13.8. The Bertz CT molecular complexity index is 801. The maximum Gasteiger partial charge on any atom is 0.237 e. The molecule has 1 aliphatic heterocycles. The highest BCUT2D eigenvalue weighted by molar-refractivity contribution is 5.82. The average molecular weight is 381 g/mol. The van der Waals surface area contributed by atoms with Crippen LogP contribution in [0.25, 0.3) is 0 Å². The Morgan fingerprint density at radius 2 is 1.86 bits per heavy atom. The summed E-state index contributed by atoms with van der Waals surface area (Å²) >= 11 is 0. The molecule has 0 aromatic heterocycles. The fourth-order valence-electron chi connectivity index (χ4n) is 4.94. The summed E-state index contributed by atoms with van der Waals surface area (Å²) in [6.07, 6.45) is 6.25. The number of hydrogen-bond donors (Lipinski definition) is 1. The van der Waals surface area contributed by atoms with Gasteiger partial charge in [0.05, 0.1) is 6.04 Å². The van der Waals surface area contributed by atoms with Gasteiger partial charge in [-0.1, -0.05) is 55.3 Å². The second kappa shape index (κ2) is 8.44. The fraction of sp³-hybridized carbons (Fsp3) is 0.458. The standard InChI is InChI=1S/C24H29FN2O/c25-21-11-6-10-20(16-21)24(13-4-5-14-24)18-26-23(28)22-12-7-15-27(22)17-19-8-2-1-3-9-19/h1-3,6,8-11,16,22H,4-5,7,12-15,17-18H2,(H,26,28)/t22-/m0/s1. The van der Waals surface area contributed by atoms with Crippen molar-refractivity contribution in [2.24, 2.45) is 0 Å². The molecule has 0 bridgehead atoms. The molecule has 0 unspecified atom stereocenters. The Morgan fingerprint density at radius 1 is 1.07 bits per heavy atom. The Kier molecular flexibility index (Phi) is 5.77. The van der Waals surface area contributed by atoms with Crippen molar-refractivity contribution in [1.29, 1.82) is 0 Å². The van der Waals surface area contributed by atoms with Gasteiger partial charge in [0.25, 0.3) is 0 Å². The number of nitrogens with zero attached hydrogens (tertiary/aromatic N) is 1. The second-order valence-corrected chi connectivity index (χ2v) is 8.33. The molecular formula is C24H29FN2O. The summed E-state index contributed by atoms with van der Waals surface area (Å²) in [7, 11) is 0. The van der Waals surface area contributed by atoms with Gasteiger partial charge in [-0.3, -0.25) is 9.69 Å². The summed E-state index contributed by atoms with van der Waals surface area (Å²) < 4.78 is 13.8. The number of carbonyl (C=O) groups excluding carboxylic acids is 1. The van der Waals surface area contributed by atoms with E-state index in [-0.39, 0.29) is 23.2 Å². The number of carbonyl (C=O) groups is 1. The zero-order valence-corrected chi connectivity index (χ0v) is 16.4. The van der Waals surface area contributed by atoms with Gasteiger partial charge in [0.15, 0.2) is 0 Å². The lowest BCUT2D eigenvalue weighted by molar-refractivity contribution is -0.125. The van der Waals surface area contributed by atoms with Crippen molar-refractivity contribution in [3.63, 3.8) is 0 Å². The SMILES string of the molecule is O=C(NCC1(c2cccc(F)c2)CCCC1)[C@@H]1CCCN1Cc1ccccc1. The third kappa shape index (κ3) is 4.12. The minimum atomic E-state index is -0.195. The van der Waals surface area contributed by atoms with E-state index < -0.39 is 0 Å². The molecule has 2 aromatic rings. The van der Waals surface area contributed by atoms with Crippen molar-refractivity contribution >= 4 is 5.91 Å². The number of likely N-dealkylation sites (tertiary alicyclic amines) is 1. The predicted molar refractivity (Wildman–Crippen MR) is 109 cm³/mol. The van der Waals surface area contributed by atoms with E-state index >= 15 is 0 Å². The Labute approximate surface area is 166 Å². The summed E-state index contributed by atoms with van der Waals surface area (Å²) in [6, 6.07) is 17.2. The van der Waals surface area contributed by atoms with Gasteiger partial charge >= 0.3 is 0 Å². The number of nitrogens with one attached hydrogen (secondary N) is 1. The van der Waals surface area contributed by atoms with Crippen molar-refractivity contribution in [3.8, 4) is 0 Å². The Hall–Kier alpha value is -2.20. The first-order chi connectivity index (χ1) is 13.7. The highest BCUT2D eigenvalue weighted by atomic mass is 19.1. The molecule has 4 rings (SSSR count). The van der Waals surface area contributed by atoms with Gasteiger partial charge in [0.1, 0.15) is 5.82 Å². The van der Waals surface area contributed by atoms with Crippen LogP contribution < -0.4 is 5.32 Å². The molecular weight excluding hydrogens is 351 g/mol. The molecule has 0 radical (unpaired) electrons. The van der Waals surface area contributed by atoms with Crippen molar-refractivity contribution in [2.75, 3.05) is 13.1 Å². The highest BCUT2D eigenvalue weighted by Crippen LogP contribution is 2.40. The molecule has 0 spiro atoms. The van der Waals surface area contributed by atoms with E-state index in [1.54, 1.807) is 12.1 Å². The number of halogens is 1. The van der Waals surface area contributed by atoms with E-state index in [9.17, 15) is 9.18 Å². The van der Waals surface area contributed by atoms with Crippen LogP contribution in [0.2, 0.25) is 0 Å². The first-order valence-electron chi connectivity index (χ1n) is 10.5. The van der Waals surface area contributed by atoms with Crippen molar-refractivity contribution in [3.05, 3.63) is 71.5 Å². The summed E-state index contributed by atoms with van der Waals surface area (Å²) in [4.78, 5) is 15.3. The normalized spacial score (nSPS) is 21.7. The van der Waals surface area contributed by atoms with Crippen LogP contribution in [0.1, 0.15) is 49.7 Å². The molecule has 28 heavy (non-hydrogen) atoms. The third-order valence-electron chi connectivity index (χ3n) is 6.49. The van der Waals surface area contributed by atoms with E-state index in [4.69, 9.17) is 0 Å². The van der Waals surface area contributed by atoms with E-state index in [1.807, 2.05) is 24.3 Å². The molecule has 2 fully saturated rings. The quantitative estimate of drug-likeness (QED) is 0.805. The summed E-state index contributed by atoms with van der Waals surface area (Å²) in [5, 5.41) is 3.24. The van der Waals surface area contributed by atoms with E-state index in [0.717, 1.165) is 57.2 Å². The third-order valence-corrected chi connectivity index (χ3v) is 6.49. The van der Waals surface area contributed by atoms with Crippen LogP contribution in [-0.2, 0) is 16.8 Å². The van der Waals surface area contributed by atoms with Crippen LogP contribution >= 0.6 is 0 Å². The van der Waals surface area contributed by atoms with Crippen LogP contribution in [0, 0.1) is 5.82 Å². The molecule has 3 nitrogen and oxygen atoms in total. The first kappa shape index (κ1) is 19.1. The number of amides is 1. The van der Waals surface area contributed by atoms with E-state index in [2.05, 4.69) is 22.3 Å². The Balaban J connectivity index is 1.42. The molecule has 1 saturated carbocycles. The minimum absolute atomic E-state index is 0.0637. The van der Waals surface area contributed by atoms with Crippen molar-refractivity contribution in [1.82, 2.24) is 10.2 Å². The van der Waals surface area contributed by atoms with Crippen LogP contribution in [-0.4, -0.2) is 29.9 Å². The van der Waals surface area contributed by atoms with Crippen LogP contribution in [0.5, 0.6) is 0 Å². The highest BCUT2D eigenvalue weighted by Gasteiger charge is 2.38. The molecule has 1 atom stereocenters. The molecule has 1 heterocycles. The van der Waals surface area contributed by atoms with Gasteiger partial charge in [-0.25, -0.2) is 4.39 Å². The van der Waals surface area contributed by atoms with Crippen molar-refractivity contribution in [2.45, 2.75) is 56.5 Å². The Morgan fingerprint density at radius 3 is 2.61 bits per heavy atom. The summed E-state index contributed by atoms with van der Waals surface area (Å²) in [5.41, 5.74) is 2.15. The molecule has 4 heteroatoms. The topological polar surface area (TPSA) is 32.3 Å². The number of benzene rings is 2. The van der Waals surface area contributed by atoms with E-state index in [0.29, 0.717) is 6.54 Å². The molecule has 2 aliphatic rings. The maximum absolute atomic E-state index is 13.8. The van der Waals surface area contributed by atoms with Gasteiger partial charge < -0.3 is 5.32 Å².